The number of amides is 1. The van der Waals surface area contributed by atoms with Crippen LogP contribution in [0, 0.1) is 6.92 Å². The number of aryl methyl sites for hydroxylation is 1. The van der Waals surface area contributed by atoms with Crippen LogP contribution in [-0.4, -0.2) is 35.6 Å². The van der Waals surface area contributed by atoms with Gasteiger partial charge in [0.15, 0.2) is 11.5 Å². The van der Waals surface area contributed by atoms with Crippen LogP contribution in [-0.2, 0) is 0 Å². The van der Waals surface area contributed by atoms with Gasteiger partial charge in [-0.1, -0.05) is 41.1 Å². The first-order valence-electron chi connectivity index (χ1n) is 9.30. The summed E-state index contributed by atoms with van der Waals surface area (Å²) in [4.78, 5) is 16.0. The second-order valence-electron chi connectivity index (χ2n) is 6.93. The van der Waals surface area contributed by atoms with Gasteiger partial charge in [0, 0.05) is 12.6 Å². The van der Waals surface area contributed by atoms with E-state index in [0.717, 1.165) is 18.0 Å². The molecule has 1 aromatic carbocycles. The molecule has 0 aliphatic carbocycles. The van der Waals surface area contributed by atoms with E-state index in [9.17, 15) is 4.79 Å². The molecule has 4 rings (SSSR count). The summed E-state index contributed by atoms with van der Waals surface area (Å²) in [5.74, 6) is 0.433. The van der Waals surface area contributed by atoms with E-state index in [0.29, 0.717) is 18.0 Å². The Kier molecular flexibility index (Phi) is 5.36. The van der Waals surface area contributed by atoms with Crippen molar-refractivity contribution in [3.8, 4) is 10.6 Å². The van der Waals surface area contributed by atoms with Crippen LogP contribution in [0.2, 0.25) is 0 Å². The van der Waals surface area contributed by atoms with E-state index in [1.807, 2.05) is 17.5 Å². The number of carbonyl (C=O) groups is 1. The first-order chi connectivity index (χ1) is 13.2. The lowest BCUT2D eigenvalue weighted by Gasteiger charge is -2.28. The number of carbonyl (C=O) groups excluding carboxylic acids is 1. The zero-order chi connectivity index (χ0) is 18.6. The molecule has 1 N–H and O–H groups in total. The smallest absolute Gasteiger partial charge is 0.273 e. The minimum Gasteiger partial charge on any atom is -0.355 e. The third-order valence-corrected chi connectivity index (χ3v) is 5.89. The Morgan fingerprint density at radius 2 is 2.04 bits per heavy atom. The van der Waals surface area contributed by atoms with Crippen molar-refractivity contribution >= 4 is 17.2 Å². The van der Waals surface area contributed by atoms with Crippen LogP contribution < -0.4 is 5.32 Å². The van der Waals surface area contributed by atoms with Gasteiger partial charge < -0.3 is 9.84 Å². The first-order valence-corrected chi connectivity index (χ1v) is 10.2. The van der Waals surface area contributed by atoms with Crippen molar-refractivity contribution < 1.29 is 9.32 Å². The van der Waals surface area contributed by atoms with Crippen LogP contribution >= 0.6 is 11.3 Å². The van der Waals surface area contributed by atoms with Gasteiger partial charge in [-0.05, 0) is 49.9 Å². The third-order valence-electron chi connectivity index (χ3n) is 5.01. The van der Waals surface area contributed by atoms with Crippen LogP contribution in [0.3, 0.4) is 0 Å². The lowest BCUT2D eigenvalue weighted by molar-refractivity contribution is 0.0929. The normalized spacial score (nSPS) is 15.7. The average Bonchev–Trinajstić information content (AvgIpc) is 3.44. The fourth-order valence-corrected chi connectivity index (χ4v) is 4.17. The highest BCUT2D eigenvalue weighted by atomic mass is 32.1. The minimum atomic E-state index is -0.196. The number of aromatic nitrogens is 1. The number of likely N-dealkylation sites (tertiary alicyclic amines) is 1. The molecular formula is C21H23N3O2S. The van der Waals surface area contributed by atoms with Crippen molar-refractivity contribution in [2.24, 2.45) is 0 Å². The summed E-state index contributed by atoms with van der Waals surface area (Å²) in [6, 6.07) is 14.4. The number of nitrogens with one attached hydrogen (secondary N) is 1. The molecule has 0 bridgehead atoms. The van der Waals surface area contributed by atoms with Crippen LogP contribution in [0.4, 0.5) is 0 Å². The molecule has 2 aromatic heterocycles. The van der Waals surface area contributed by atoms with Crippen molar-refractivity contribution in [1.29, 1.82) is 0 Å². The SMILES string of the molecule is Cc1ccc([C@H](CNC(=O)c2cc(-c3cccs3)on2)N2CCCC2)cc1. The Labute approximate surface area is 163 Å². The van der Waals surface area contributed by atoms with Gasteiger partial charge in [-0.25, -0.2) is 0 Å². The highest BCUT2D eigenvalue weighted by Gasteiger charge is 2.24. The highest BCUT2D eigenvalue weighted by Crippen LogP contribution is 2.26. The Hall–Kier alpha value is -2.44. The lowest BCUT2D eigenvalue weighted by atomic mass is 10.0. The fourth-order valence-electron chi connectivity index (χ4n) is 3.50. The van der Waals surface area contributed by atoms with Gasteiger partial charge in [-0.2, -0.15) is 0 Å². The van der Waals surface area contributed by atoms with Crippen molar-refractivity contribution in [1.82, 2.24) is 15.4 Å². The van der Waals surface area contributed by atoms with Gasteiger partial charge in [0.25, 0.3) is 5.91 Å². The molecule has 140 valence electrons. The summed E-state index contributed by atoms with van der Waals surface area (Å²) >= 11 is 1.56. The monoisotopic (exact) mass is 381 g/mol. The highest BCUT2D eigenvalue weighted by molar-refractivity contribution is 7.13. The van der Waals surface area contributed by atoms with E-state index in [4.69, 9.17) is 4.52 Å². The quantitative estimate of drug-likeness (QED) is 0.692. The zero-order valence-electron chi connectivity index (χ0n) is 15.4. The van der Waals surface area contributed by atoms with E-state index in [-0.39, 0.29) is 11.9 Å². The summed E-state index contributed by atoms with van der Waals surface area (Å²) in [5, 5.41) is 8.96. The molecule has 0 radical (unpaired) electrons. The van der Waals surface area contributed by atoms with Crippen LogP contribution in [0.15, 0.2) is 52.4 Å². The average molecular weight is 382 g/mol. The van der Waals surface area contributed by atoms with E-state index in [2.05, 4.69) is 46.6 Å². The molecule has 0 spiro atoms. The first kappa shape index (κ1) is 17.9. The standard InChI is InChI=1S/C21H23N3O2S/c1-15-6-8-16(9-7-15)18(24-10-2-3-11-24)14-22-21(25)17-13-19(26-23-17)20-5-4-12-27-20/h4-9,12-13,18H,2-3,10-11,14H2,1H3,(H,22,25)/t18-/m0/s1. The van der Waals surface area contributed by atoms with Crippen LogP contribution in [0.1, 0.15) is 40.5 Å². The Bertz CT molecular complexity index is 881. The van der Waals surface area contributed by atoms with E-state index in [1.54, 1.807) is 17.4 Å². The molecule has 3 aromatic rings. The molecule has 6 heteroatoms. The second-order valence-corrected chi connectivity index (χ2v) is 7.88. The van der Waals surface area contributed by atoms with Gasteiger partial charge in [0.2, 0.25) is 0 Å². The maximum absolute atomic E-state index is 12.6. The zero-order valence-corrected chi connectivity index (χ0v) is 16.2. The predicted octanol–water partition coefficient (Wildman–Crippen LogP) is 4.28. The number of benzene rings is 1. The number of nitrogens with zero attached hydrogens (tertiary/aromatic N) is 2. The van der Waals surface area contributed by atoms with Gasteiger partial charge in [-0.3, -0.25) is 9.69 Å². The molecule has 1 amide bonds. The Morgan fingerprint density at radius 1 is 1.26 bits per heavy atom. The van der Waals surface area contributed by atoms with Gasteiger partial charge in [0.1, 0.15) is 0 Å². The Morgan fingerprint density at radius 3 is 2.74 bits per heavy atom. The number of hydrogen-bond acceptors (Lipinski definition) is 5. The molecule has 27 heavy (non-hydrogen) atoms. The van der Waals surface area contributed by atoms with Gasteiger partial charge in [0.05, 0.1) is 10.9 Å². The van der Waals surface area contributed by atoms with Crippen molar-refractivity contribution in [2.45, 2.75) is 25.8 Å². The maximum Gasteiger partial charge on any atom is 0.273 e. The molecule has 1 aliphatic heterocycles. The Balaban J connectivity index is 1.45. The summed E-state index contributed by atoms with van der Waals surface area (Å²) in [5.41, 5.74) is 2.80. The maximum atomic E-state index is 12.6. The van der Waals surface area contributed by atoms with Gasteiger partial charge >= 0.3 is 0 Å². The van der Waals surface area contributed by atoms with Crippen molar-refractivity contribution in [3.63, 3.8) is 0 Å². The van der Waals surface area contributed by atoms with Crippen LogP contribution in [0.25, 0.3) is 10.6 Å². The largest absolute Gasteiger partial charge is 0.355 e. The van der Waals surface area contributed by atoms with E-state index in [1.165, 1.54) is 24.0 Å². The predicted molar refractivity (Wildman–Crippen MR) is 107 cm³/mol. The summed E-state index contributed by atoms with van der Waals surface area (Å²) < 4.78 is 5.32. The molecule has 5 nitrogen and oxygen atoms in total. The molecular weight excluding hydrogens is 358 g/mol. The molecule has 0 unspecified atom stereocenters. The van der Waals surface area contributed by atoms with Crippen LogP contribution in [0.5, 0.6) is 0 Å². The third kappa shape index (κ3) is 4.12. The lowest BCUT2D eigenvalue weighted by Crippen LogP contribution is -2.36. The summed E-state index contributed by atoms with van der Waals surface area (Å²) in [6.07, 6.45) is 2.42. The molecule has 1 aliphatic rings. The number of hydrogen-bond donors (Lipinski definition) is 1. The summed E-state index contributed by atoms with van der Waals surface area (Å²) in [7, 11) is 0. The summed E-state index contributed by atoms with van der Waals surface area (Å²) in [6.45, 7) is 4.79. The van der Waals surface area contributed by atoms with Crippen molar-refractivity contribution in [3.05, 3.63) is 64.7 Å². The molecule has 1 fully saturated rings. The topological polar surface area (TPSA) is 58.4 Å². The second kappa shape index (κ2) is 8.06. The number of thiophene rings is 1. The molecule has 1 saturated heterocycles. The van der Waals surface area contributed by atoms with E-state index < -0.39 is 0 Å². The van der Waals surface area contributed by atoms with E-state index >= 15 is 0 Å². The number of rotatable bonds is 6. The molecule has 3 heterocycles. The molecule has 0 saturated carbocycles. The van der Waals surface area contributed by atoms with Crippen molar-refractivity contribution in [2.75, 3.05) is 19.6 Å². The van der Waals surface area contributed by atoms with Gasteiger partial charge in [-0.15, -0.1) is 11.3 Å². The fraction of sp³-hybridized carbons (Fsp3) is 0.333. The molecule has 1 atom stereocenters. The minimum absolute atomic E-state index is 0.181.